The number of nitrogens with one attached hydrogen (secondary N) is 1. The van der Waals surface area contributed by atoms with Gasteiger partial charge in [0.05, 0.1) is 0 Å². The summed E-state index contributed by atoms with van der Waals surface area (Å²) in [4.78, 5) is 18.7. The number of guanidine groups is 1. The zero-order valence-corrected chi connectivity index (χ0v) is 17.7. The van der Waals surface area contributed by atoms with Gasteiger partial charge in [0, 0.05) is 42.7 Å². The number of nitrogens with two attached hydrogens (primary N) is 1. The number of hydrogen-bond acceptors (Lipinski definition) is 3. The van der Waals surface area contributed by atoms with E-state index in [9.17, 15) is 9.90 Å². The smallest absolute Gasteiger partial charge is 0.331 e. The van der Waals surface area contributed by atoms with E-state index in [0.717, 1.165) is 31.5 Å². The molecule has 0 aromatic heterocycles. The number of hydrogen-bond donors (Lipinski definition) is 3. The highest BCUT2D eigenvalue weighted by Crippen LogP contribution is 2.79. The van der Waals surface area contributed by atoms with Crippen molar-refractivity contribution in [2.24, 2.45) is 45.2 Å². The molecule has 0 aromatic rings. The number of nitrogens with zero attached hydrogens (tertiary/aromatic N) is 2. The van der Waals surface area contributed by atoms with Crippen LogP contribution in [0, 0.1) is 34.5 Å². The molecule has 29 heavy (non-hydrogen) atoms. The Kier molecular flexibility index (Phi) is 4.36. The minimum Gasteiger partial charge on any atom is -0.478 e. The number of allylic oxidation sites excluding steroid dienone is 1. The Morgan fingerprint density at radius 2 is 2.03 bits per heavy atom. The van der Waals surface area contributed by atoms with E-state index < -0.39 is 5.97 Å². The molecule has 4 aliphatic carbocycles. The molecule has 6 heteroatoms. The van der Waals surface area contributed by atoms with Gasteiger partial charge in [-0.05, 0) is 69.2 Å². The van der Waals surface area contributed by atoms with Gasteiger partial charge >= 0.3 is 5.97 Å². The molecule has 0 amide bonds. The third-order valence-electron chi connectivity index (χ3n) is 9.32. The van der Waals surface area contributed by atoms with E-state index in [2.05, 4.69) is 27.5 Å². The van der Waals surface area contributed by atoms with Crippen molar-refractivity contribution in [1.29, 1.82) is 0 Å². The fourth-order valence-corrected chi connectivity index (χ4v) is 8.68. The predicted molar refractivity (Wildman–Crippen MR) is 113 cm³/mol. The van der Waals surface area contributed by atoms with Gasteiger partial charge in [0.1, 0.15) is 0 Å². The summed E-state index contributed by atoms with van der Waals surface area (Å²) in [7, 11) is 3.79. The third kappa shape index (κ3) is 2.21. The zero-order chi connectivity index (χ0) is 20.4. The van der Waals surface area contributed by atoms with E-state index >= 15 is 0 Å². The van der Waals surface area contributed by atoms with Crippen LogP contribution in [0.1, 0.15) is 44.9 Å². The van der Waals surface area contributed by atoms with E-state index in [0.29, 0.717) is 29.6 Å². The van der Waals surface area contributed by atoms with Crippen LogP contribution >= 0.6 is 0 Å². The number of carboxylic acid groups (broad SMARTS) is 1. The topological polar surface area (TPSA) is 91.0 Å². The maximum absolute atomic E-state index is 12.3. The van der Waals surface area contributed by atoms with Crippen molar-refractivity contribution in [3.05, 3.63) is 23.4 Å². The molecular weight excluding hydrogens is 364 g/mol. The number of rotatable bonds is 3. The Hall–Kier alpha value is -1.82. The highest BCUT2D eigenvalue weighted by molar-refractivity contribution is 5.89. The van der Waals surface area contributed by atoms with Gasteiger partial charge in [0.15, 0.2) is 5.96 Å². The van der Waals surface area contributed by atoms with Crippen LogP contribution in [-0.4, -0.2) is 49.1 Å². The van der Waals surface area contributed by atoms with Gasteiger partial charge in [-0.3, -0.25) is 4.99 Å². The Morgan fingerprint density at radius 1 is 1.28 bits per heavy atom. The van der Waals surface area contributed by atoms with E-state index in [1.807, 2.05) is 7.05 Å². The molecule has 3 fully saturated rings. The normalized spacial score (nSPS) is 43.2. The first-order valence-electron chi connectivity index (χ1n) is 11.3. The molecular formula is C23H34N4O2. The summed E-state index contributed by atoms with van der Waals surface area (Å²) in [6.07, 6.45) is 12.3. The van der Waals surface area contributed by atoms with E-state index in [-0.39, 0.29) is 10.8 Å². The van der Waals surface area contributed by atoms with Crippen LogP contribution in [-0.2, 0) is 4.79 Å². The molecule has 1 heterocycles. The van der Waals surface area contributed by atoms with Gasteiger partial charge in [0.2, 0.25) is 0 Å². The van der Waals surface area contributed by atoms with Gasteiger partial charge in [-0.15, -0.1) is 0 Å². The average molecular weight is 399 g/mol. The van der Waals surface area contributed by atoms with Crippen LogP contribution in [0.4, 0.5) is 0 Å². The number of aliphatic imine (C=N–C) groups is 1. The molecule has 6 atom stereocenters. The molecule has 158 valence electrons. The summed E-state index contributed by atoms with van der Waals surface area (Å²) >= 11 is 0. The Labute approximate surface area is 173 Å². The van der Waals surface area contributed by atoms with Crippen molar-refractivity contribution in [2.75, 3.05) is 27.2 Å². The lowest BCUT2D eigenvalue weighted by Gasteiger charge is -2.64. The Bertz CT molecular complexity index is 818. The van der Waals surface area contributed by atoms with E-state index in [1.165, 1.54) is 37.7 Å². The number of carbonyl (C=O) groups is 1. The number of aliphatic carboxylic acids is 1. The molecule has 0 radical (unpaired) electrons. The first kappa shape index (κ1) is 19.2. The van der Waals surface area contributed by atoms with Crippen molar-refractivity contribution in [2.45, 2.75) is 44.9 Å². The highest BCUT2D eigenvalue weighted by atomic mass is 16.4. The van der Waals surface area contributed by atoms with Gasteiger partial charge in [-0.1, -0.05) is 18.1 Å². The SMILES string of the molecule is CN=C(N)N1C=CC(CNC)C2(C1)C1CCC3CCCC4CC(C(=O)O)=C(C1)C342. The first-order valence-corrected chi connectivity index (χ1v) is 11.3. The molecule has 1 aliphatic heterocycles. The zero-order valence-electron chi connectivity index (χ0n) is 17.7. The molecule has 6 nitrogen and oxygen atoms in total. The third-order valence-corrected chi connectivity index (χ3v) is 9.32. The summed E-state index contributed by atoms with van der Waals surface area (Å²) in [6.45, 7) is 1.80. The first-order chi connectivity index (χ1) is 14.0. The van der Waals surface area contributed by atoms with Crippen LogP contribution < -0.4 is 11.1 Å². The fraction of sp³-hybridized carbons (Fsp3) is 0.739. The van der Waals surface area contributed by atoms with E-state index in [1.54, 1.807) is 7.05 Å². The van der Waals surface area contributed by atoms with Gasteiger partial charge < -0.3 is 21.1 Å². The van der Waals surface area contributed by atoms with Gasteiger partial charge in [-0.25, -0.2) is 4.79 Å². The highest BCUT2D eigenvalue weighted by Gasteiger charge is 2.75. The second-order valence-corrected chi connectivity index (χ2v) is 9.89. The maximum atomic E-state index is 12.3. The van der Waals surface area contributed by atoms with Gasteiger partial charge in [-0.2, -0.15) is 0 Å². The standard InChI is InChI=1S/C23H34N4O2/c1-25-12-17-8-9-27(21(24)26-2)13-22(17)15-7-6-14-4-3-5-16-10-18(20(28)29)19(11-15)23(14,16)22/h8-9,14-17,25H,3-7,10-13H2,1-2H3,(H2,24,26)(H,28,29). The molecule has 4 N–H and O–H groups in total. The van der Waals surface area contributed by atoms with E-state index in [4.69, 9.17) is 5.73 Å². The molecule has 2 spiro atoms. The molecule has 0 aromatic carbocycles. The summed E-state index contributed by atoms with van der Waals surface area (Å²) < 4.78 is 0. The molecule has 2 bridgehead atoms. The van der Waals surface area contributed by atoms with Crippen molar-refractivity contribution in [1.82, 2.24) is 10.2 Å². The molecule has 5 aliphatic rings. The van der Waals surface area contributed by atoms with Crippen LogP contribution in [0.2, 0.25) is 0 Å². The lowest BCUT2D eigenvalue weighted by Crippen LogP contribution is -2.64. The maximum Gasteiger partial charge on any atom is 0.331 e. The second-order valence-electron chi connectivity index (χ2n) is 9.89. The van der Waals surface area contributed by atoms with Crippen molar-refractivity contribution in [3.63, 3.8) is 0 Å². The van der Waals surface area contributed by atoms with Crippen LogP contribution in [0.3, 0.4) is 0 Å². The van der Waals surface area contributed by atoms with Crippen LogP contribution in [0.15, 0.2) is 28.4 Å². The second kappa shape index (κ2) is 6.59. The predicted octanol–water partition coefficient (Wildman–Crippen LogP) is 2.58. The molecule has 3 saturated carbocycles. The van der Waals surface area contributed by atoms with Crippen LogP contribution in [0.25, 0.3) is 0 Å². The van der Waals surface area contributed by atoms with Crippen molar-refractivity contribution in [3.8, 4) is 0 Å². The Balaban J connectivity index is 1.75. The largest absolute Gasteiger partial charge is 0.478 e. The summed E-state index contributed by atoms with van der Waals surface area (Å²) in [5.74, 6) is 1.90. The summed E-state index contributed by atoms with van der Waals surface area (Å²) in [5, 5.41) is 13.5. The van der Waals surface area contributed by atoms with Crippen molar-refractivity contribution < 1.29 is 9.90 Å². The molecule has 0 saturated heterocycles. The van der Waals surface area contributed by atoms with Gasteiger partial charge in [0.25, 0.3) is 0 Å². The lowest BCUT2D eigenvalue weighted by atomic mass is 9.41. The monoisotopic (exact) mass is 398 g/mol. The Morgan fingerprint density at radius 3 is 2.76 bits per heavy atom. The number of carboxylic acids is 1. The average Bonchev–Trinajstić information content (AvgIpc) is 3.10. The van der Waals surface area contributed by atoms with Crippen LogP contribution in [0.5, 0.6) is 0 Å². The lowest BCUT2D eigenvalue weighted by molar-refractivity contribution is -0.134. The fourth-order valence-electron chi connectivity index (χ4n) is 8.68. The minimum absolute atomic E-state index is 0.0282. The summed E-state index contributed by atoms with van der Waals surface area (Å²) in [5.41, 5.74) is 8.45. The molecule has 6 unspecified atom stereocenters. The minimum atomic E-state index is -0.673. The summed E-state index contributed by atoms with van der Waals surface area (Å²) in [6, 6.07) is 0. The molecule has 5 rings (SSSR count). The quantitative estimate of drug-likeness (QED) is 0.502. The van der Waals surface area contributed by atoms with Crippen molar-refractivity contribution >= 4 is 11.9 Å².